The first-order valence-corrected chi connectivity index (χ1v) is 7.77. The Bertz CT molecular complexity index is 487. The van der Waals surface area contributed by atoms with Crippen molar-refractivity contribution < 1.29 is 14.2 Å². The molecule has 0 saturated carbocycles. The van der Waals surface area contributed by atoms with Crippen molar-refractivity contribution in [2.24, 2.45) is 0 Å². The number of hydrogen-bond acceptors (Lipinski definition) is 5. The highest BCUT2D eigenvalue weighted by Gasteiger charge is 2.22. The molecule has 2 aliphatic rings. The Morgan fingerprint density at radius 2 is 2.14 bits per heavy atom. The summed E-state index contributed by atoms with van der Waals surface area (Å²) in [6.07, 6.45) is 1.23. The molecule has 0 bridgehead atoms. The predicted molar refractivity (Wildman–Crippen MR) is 80.6 cm³/mol. The molecule has 1 fully saturated rings. The number of morpholine rings is 1. The van der Waals surface area contributed by atoms with E-state index in [1.807, 2.05) is 6.92 Å². The molecular weight excluding hydrogens is 268 g/mol. The molecule has 21 heavy (non-hydrogen) atoms. The summed E-state index contributed by atoms with van der Waals surface area (Å²) < 4.78 is 17.0. The number of hydrazine groups is 1. The van der Waals surface area contributed by atoms with Gasteiger partial charge < -0.3 is 14.2 Å². The van der Waals surface area contributed by atoms with Crippen molar-refractivity contribution in [2.75, 3.05) is 32.9 Å². The zero-order valence-corrected chi connectivity index (χ0v) is 12.9. The third kappa shape index (κ3) is 3.48. The fourth-order valence-electron chi connectivity index (χ4n) is 2.83. The van der Waals surface area contributed by atoms with Crippen LogP contribution in [0.2, 0.25) is 0 Å². The van der Waals surface area contributed by atoms with Crippen molar-refractivity contribution in [1.82, 2.24) is 10.4 Å². The highest BCUT2D eigenvalue weighted by molar-refractivity contribution is 5.48. The van der Waals surface area contributed by atoms with E-state index in [2.05, 4.69) is 29.5 Å². The van der Waals surface area contributed by atoms with Gasteiger partial charge in [-0.2, -0.15) is 0 Å². The minimum absolute atomic E-state index is 0.261. The molecule has 2 heterocycles. The first-order chi connectivity index (χ1) is 10.3. The van der Waals surface area contributed by atoms with Crippen LogP contribution in [0, 0.1) is 0 Å². The van der Waals surface area contributed by atoms with Gasteiger partial charge in [-0.05, 0) is 26.0 Å². The molecule has 5 heteroatoms. The number of rotatable bonds is 5. The van der Waals surface area contributed by atoms with Gasteiger partial charge in [0.05, 0.1) is 19.8 Å². The maximum absolute atomic E-state index is 5.86. The second-order valence-electron chi connectivity index (χ2n) is 5.57. The summed E-state index contributed by atoms with van der Waals surface area (Å²) in [6.45, 7) is 8.97. The maximum Gasteiger partial charge on any atom is 0.124 e. The second kappa shape index (κ2) is 6.64. The molecule has 0 spiro atoms. The number of hydrogen-bond donors (Lipinski definition) is 1. The lowest BCUT2D eigenvalue weighted by Gasteiger charge is -2.27. The van der Waals surface area contributed by atoms with Crippen LogP contribution in [-0.2, 0) is 17.7 Å². The zero-order valence-electron chi connectivity index (χ0n) is 12.9. The summed E-state index contributed by atoms with van der Waals surface area (Å²) >= 11 is 0. The Kier molecular flexibility index (Phi) is 4.63. The molecule has 1 aromatic carbocycles. The molecule has 3 rings (SSSR count). The van der Waals surface area contributed by atoms with Crippen LogP contribution in [0.1, 0.15) is 25.0 Å². The van der Waals surface area contributed by atoms with Gasteiger partial charge in [0.1, 0.15) is 17.6 Å². The Hall–Kier alpha value is -1.30. The van der Waals surface area contributed by atoms with Crippen LogP contribution in [-0.4, -0.2) is 44.0 Å². The van der Waals surface area contributed by atoms with Crippen molar-refractivity contribution in [3.05, 3.63) is 23.3 Å². The molecule has 1 aromatic rings. The Balaban J connectivity index is 1.71. The number of benzene rings is 1. The lowest BCUT2D eigenvalue weighted by molar-refractivity contribution is 0.0104. The molecule has 1 N–H and O–H groups in total. The minimum Gasteiger partial charge on any atom is -0.494 e. The molecule has 1 unspecified atom stereocenters. The van der Waals surface area contributed by atoms with Crippen molar-refractivity contribution in [3.63, 3.8) is 0 Å². The third-order valence-corrected chi connectivity index (χ3v) is 3.88. The Morgan fingerprint density at radius 3 is 2.90 bits per heavy atom. The van der Waals surface area contributed by atoms with Crippen LogP contribution in [0.25, 0.3) is 0 Å². The summed E-state index contributed by atoms with van der Waals surface area (Å²) in [5.41, 5.74) is 5.86. The van der Waals surface area contributed by atoms with Crippen molar-refractivity contribution >= 4 is 0 Å². The molecule has 116 valence electrons. The largest absolute Gasteiger partial charge is 0.494 e. The van der Waals surface area contributed by atoms with E-state index in [9.17, 15) is 0 Å². The van der Waals surface area contributed by atoms with Crippen molar-refractivity contribution in [3.8, 4) is 11.5 Å². The van der Waals surface area contributed by atoms with E-state index in [1.165, 1.54) is 5.56 Å². The summed E-state index contributed by atoms with van der Waals surface area (Å²) in [5, 5.41) is 2.20. The van der Waals surface area contributed by atoms with Gasteiger partial charge in [0.15, 0.2) is 0 Å². The average molecular weight is 292 g/mol. The fourth-order valence-corrected chi connectivity index (χ4v) is 2.83. The smallest absolute Gasteiger partial charge is 0.124 e. The monoisotopic (exact) mass is 292 g/mol. The van der Waals surface area contributed by atoms with Crippen LogP contribution in [0.5, 0.6) is 11.5 Å². The van der Waals surface area contributed by atoms with Crippen molar-refractivity contribution in [2.45, 2.75) is 32.9 Å². The first kappa shape index (κ1) is 14.6. The summed E-state index contributed by atoms with van der Waals surface area (Å²) in [6, 6.07) is 4.26. The zero-order chi connectivity index (χ0) is 14.7. The number of nitrogens with one attached hydrogen (secondary N) is 1. The van der Waals surface area contributed by atoms with Gasteiger partial charge in [0, 0.05) is 37.2 Å². The average Bonchev–Trinajstić information content (AvgIpc) is 2.85. The van der Waals surface area contributed by atoms with E-state index >= 15 is 0 Å². The lowest BCUT2D eigenvalue weighted by atomic mass is 10.1. The summed E-state index contributed by atoms with van der Waals surface area (Å²) in [4.78, 5) is 0. The Morgan fingerprint density at radius 1 is 1.33 bits per heavy atom. The predicted octanol–water partition coefficient (Wildman–Crippen LogP) is 1.75. The van der Waals surface area contributed by atoms with E-state index in [4.69, 9.17) is 14.2 Å². The molecule has 0 amide bonds. The minimum atomic E-state index is 0.261. The summed E-state index contributed by atoms with van der Waals surface area (Å²) in [7, 11) is 0. The van der Waals surface area contributed by atoms with E-state index < -0.39 is 0 Å². The molecular formula is C16H24N2O3. The molecule has 0 radical (unpaired) electrons. The van der Waals surface area contributed by atoms with E-state index in [0.717, 1.165) is 56.3 Å². The van der Waals surface area contributed by atoms with Crippen LogP contribution in [0.15, 0.2) is 12.1 Å². The van der Waals surface area contributed by atoms with Gasteiger partial charge in [-0.3, -0.25) is 5.43 Å². The summed E-state index contributed by atoms with van der Waals surface area (Å²) in [5.74, 6) is 1.97. The highest BCUT2D eigenvalue weighted by Crippen LogP contribution is 2.35. The topological polar surface area (TPSA) is 43.0 Å². The molecule has 1 atom stereocenters. The third-order valence-electron chi connectivity index (χ3n) is 3.88. The molecule has 0 aromatic heterocycles. The van der Waals surface area contributed by atoms with Gasteiger partial charge in [0.25, 0.3) is 0 Å². The SMILES string of the molecule is CCOc1cc2c(cc1CNN1CCOCC1)OC(C)C2. The van der Waals surface area contributed by atoms with E-state index in [-0.39, 0.29) is 6.10 Å². The van der Waals surface area contributed by atoms with Gasteiger partial charge in [-0.15, -0.1) is 0 Å². The highest BCUT2D eigenvalue weighted by atomic mass is 16.5. The molecule has 1 saturated heterocycles. The standard InChI is InChI=1S/C16H24N2O3/c1-3-20-15-9-13-8-12(2)21-16(13)10-14(15)11-17-18-4-6-19-7-5-18/h9-10,12,17H,3-8,11H2,1-2H3. The first-order valence-electron chi connectivity index (χ1n) is 7.77. The number of nitrogens with zero attached hydrogens (tertiary/aromatic N) is 1. The van der Waals surface area contributed by atoms with Crippen LogP contribution >= 0.6 is 0 Å². The second-order valence-corrected chi connectivity index (χ2v) is 5.57. The fraction of sp³-hybridized carbons (Fsp3) is 0.625. The Labute approximate surface area is 126 Å². The van der Waals surface area contributed by atoms with Gasteiger partial charge in [0.2, 0.25) is 0 Å². The molecule has 5 nitrogen and oxygen atoms in total. The molecule has 0 aliphatic carbocycles. The van der Waals surface area contributed by atoms with E-state index in [0.29, 0.717) is 6.61 Å². The normalized spacial score (nSPS) is 21.9. The van der Waals surface area contributed by atoms with Gasteiger partial charge in [-0.1, -0.05) is 0 Å². The van der Waals surface area contributed by atoms with Crippen LogP contribution < -0.4 is 14.9 Å². The van der Waals surface area contributed by atoms with E-state index in [1.54, 1.807) is 0 Å². The number of ether oxygens (including phenoxy) is 3. The number of fused-ring (bicyclic) bond motifs is 1. The lowest BCUT2D eigenvalue weighted by Crippen LogP contribution is -2.45. The maximum atomic E-state index is 5.86. The van der Waals surface area contributed by atoms with Crippen molar-refractivity contribution in [1.29, 1.82) is 0 Å². The molecule has 2 aliphatic heterocycles. The van der Waals surface area contributed by atoms with Crippen LogP contribution in [0.4, 0.5) is 0 Å². The van der Waals surface area contributed by atoms with Gasteiger partial charge in [-0.25, -0.2) is 5.01 Å². The quantitative estimate of drug-likeness (QED) is 0.895. The van der Waals surface area contributed by atoms with Crippen LogP contribution in [0.3, 0.4) is 0 Å². The van der Waals surface area contributed by atoms with Gasteiger partial charge >= 0.3 is 0 Å².